The Morgan fingerprint density at radius 2 is 2.05 bits per heavy atom. The number of amides is 1. The van der Waals surface area contributed by atoms with E-state index in [0.717, 1.165) is 31.6 Å². The fraction of sp³-hybridized carbons (Fsp3) is 0.462. The zero-order valence-electron chi connectivity index (χ0n) is 11.1. The van der Waals surface area contributed by atoms with Crippen LogP contribution in [0.5, 0.6) is 0 Å². The van der Waals surface area contributed by atoms with Gasteiger partial charge in [-0.15, -0.1) is 0 Å². The summed E-state index contributed by atoms with van der Waals surface area (Å²) in [6.45, 7) is 3.37. The Kier molecular flexibility index (Phi) is 2.66. The Bertz CT molecular complexity index is 707. The standard InChI is InChI=1S/C13H16N4O2/c1-8-7-9(13(19)17-5-3-4-6-17)10-11(14-8)16(2)15-12(10)18/h7H,3-6H2,1-2H3,(H,15,18). The first-order chi connectivity index (χ1) is 9.08. The van der Waals surface area contributed by atoms with E-state index in [1.54, 1.807) is 22.7 Å². The molecule has 19 heavy (non-hydrogen) atoms. The summed E-state index contributed by atoms with van der Waals surface area (Å²) >= 11 is 0. The maximum atomic E-state index is 12.5. The molecular weight excluding hydrogens is 244 g/mol. The molecule has 0 bridgehead atoms. The van der Waals surface area contributed by atoms with Gasteiger partial charge in [0.2, 0.25) is 0 Å². The number of rotatable bonds is 1. The summed E-state index contributed by atoms with van der Waals surface area (Å²) in [5, 5.41) is 3.05. The van der Waals surface area contributed by atoms with Crippen LogP contribution in [-0.4, -0.2) is 38.7 Å². The Balaban J connectivity index is 2.22. The van der Waals surface area contributed by atoms with Crippen LogP contribution in [0.1, 0.15) is 28.9 Å². The van der Waals surface area contributed by atoms with Crippen molar-refractivity contribution in [2.24, 2.45) is 7.05 Å². The quantitative estimate of drug-likeness (QED) is 0.824. The van der Waals surface area contributed by atoms with Gasteiger partial charge in [-0.3, -0.25) is 19.4 Å². The lowest BCUT2D eigenvalue weighted by Crippen LogP contribution is -2.28. The smallest absolute Gasteiger partial charge is 0.274 e. The Morgan fingerprint density at radius 1 is 1.37 bits per heavy atom. The third-order valence-electron chi connectivity index (χ3n) is 3.57. The molecule has 0 aromatic carbocycles. The van der Waals surface area contributed by atoms with Crippen molar-refractivity contribution in [1.82, 2.24) is 19.7 Å². The minimum Gasteiger partial charge on any atom is -0.339 e. The predicted molar refractivity (Wildman–Crippen MR) is 71.2 cm³/mol. The van der Waals surface area contributed by atoms with E-state index in [0.29, 0.717) is 16.6 Å². The van der Waals surface area contributed by atoms with Gasteiger partial charge in [-0.25, -0.2) is 4.98 Å². The summed E-state index contributed by atoms with van der Waals surface area (Å²) in [6, 6.07) is 1.71. The van der Waals surface area contributed by atoms with Gasteiger partial charge in [-0.2, -0.15) is 0 Å². The molecule has 0 saturated carbocycles. The van der Waals surface area contributed by atoms with Crippen molar-refractivity contribution in [2.75, 3.05) is 13.1 Å². The number of carbonyl (C=O) groups is 1. The number of aryl methyl sites for hydroxylation is 2. The molecule has 0 spiro atoms. The number of aromatic nitrogens is 3. The first-order valence-corrected chi connectivity index (χ1v) is 6.43. The van der Waals surface area contributed by atoms with Crippen LogP contribution in [0, 0.1) is 6.92 Å². The molecule has 2 aromatic heterocycles. The van der Waals surface area contributed by atoms with Crippen LogP contribution < -0.4 is 5.56 Å². The number of H-pyrrole nitrogens is 1. The minimum atomic E-state index is -0.257. The van der Waals surface area contributed by atoms with Crippen LogP contribution in [0.25, 0.3) is 11.0 Å². The van der Waals surface area contributed by atoms with E-state index in [1.165, 1.54) is 0 Å². The number of pyridine rings is 1. The van der Waals surface area contributed by atoms with Crippen LogP contribution in [0.4, 0.5) is 0 Å². The highest BCUT2D eigenvalue weighted by Gasteiger charge is 2.24. The highest BCUT2D eigenvalue weighted by molar-refractivity contribution is 6.05. The number of carbonyl (C=O) groups excluding carboxylic acids is 1. The average molecular weight is 260 g/mol. The molecule has 1 aliphatic rings. The molecule has 1 fully saturated rings. The fourth-order valence-corrected chi connectivity index (χ4v) is 2.64. The normalized spacial score (nSPS) is 15.4. The van der Waals surface area contributed by atoms with Crippen molar-refractivity contribution >= 4 is 16.9 Å². The number of hydrogen-bond donors (Lipinski definition) is 1. The second kappa shape index (κ2) is 4.22. The molecule has 0 aliphatic carbocycles. The lowest BCUT2D eigenvalue weighted by atomic mass is 10.1. The first-order valence-electron chi connectivity index (χ1n) is 6.43. The minimum absolute atomic E-state index is 0.0651. The zero-order chi connectivity index (χ0) is 13.6. The summed E-state index contributed by atoms with van der Waals surface area (Å²) in [4.78, 5) is 30.6. The Morgan fingerprint density at radius 3 is 2.74 bits per heavy atom. The molecule has 0 unspecified atom stereocenters. The van der Waals surface area contributed by atoms with Gasteiger partial charge >= 0.3 is 0 Å². The van der Waals surface area contributed by atoms with E-state index in [1.807, 2.05) is 6.92 Å². The number of nitrogens with one attached hydrogen (secondary N) is 1. The number of fused-ring (bicyclic) bond motifs is 1. The number of hydrogen-bond acceptors (Lipinski definition) is 3. The average Bonchev–Trinajstić information content (AvgIpc) is 2.98. The first kappa shape index (κ1) is 12.0. The largest absolute Gasteiger partial charge is 0.339 e. The second-order valence-corrected chi connectivity index (χ2v) is 5.01. The summed E-state index contributed by atoms with van der Waals surface area (Å²) in [5.74, 6) is -0.0651. The maximum Gasteiger partial charge on any atom is 0.274 e. The molecule has 1 saturated heterocycles. The Labute approximate surface area is 110 Å². The third-order valence-corrected chi connectivity index (χ3v) is 3.57. The molecule has 6 nitrogen and oxygen atoms in total. The van der Waals surface area contributed by atoms with Gasteiger partial charge in [0.05, 0.1) is 10.9 Å². The molecule has 3 rings (SSSR count). The van der Waals surface area contributed by atoms with Gasteiger partial charge in [0, 0.05) is 25.8 Å². The number of nitrogens with zero attached hydrogens (tertiary/aromatic N) is 3. The van der Waals surface area contributed by atoms with Crippen molar-refractivity contribution < 1.29 is 4.79 Å². The van der Waals surface area contributed by atoms with Crippen LogP contribution in [0.15, 0.2) is 10.9 Å². The van der Waals surface area contributed by atoms with Crippen molar-refractivity contribution in [3.8, 4) is 0 Å². The third kappa shape index (κ3) is 1.83. The lowest BCUT2D eigenvalue weighted by Gasteiger charge is -2.15. The van der Waals surface area contributed by atoms with Gasteiger partial charge in [0.1, 0.15) is 0 Å². The van der Waals surface area contributed by atoms with E-state index in [2.05, 4.69) is 10.1 Å². The second-order valence-electron chi connectivity index (χ2n) is 5.01. The summed E-state index contributed by atoms with van der Waals surface area (Å²) in [5.41, 5.74) is 1.48. The van der Waals surface area contributed by atoms with Crippen LogP contribution in [-0.2, 0) is 7.05 Å². The zero-order valence-corrected chi connectivity index (χ0v) is 11.1. The molecule has 0 radical (unpaired) electrons. The van der Waals surface area contributed by atoms with Gasteiger partial charge in [-0.1, -0.05) is 0 Å². The van der Waals surface area contributed by atoms with Gasteiger partial charge in [0.15, 0.2) is 5.65 Å². The number of aromatic amines is 1. The Hall–Kier alpha value is -2.11. The molecule has 100 valence electrons. The van der Waals surface area contributed by atoms with Crippen LogP contribution >= 0.6 is 0 Å². The predicted octanol–water partition coefficient (Wildman–Crippen LogP) is 0.806. The van der Waals surface area contributed by atoms with E-state index < -0.39 is 0 Å². The lowest BCUT2D eigenvalue weighted by molar-refractivity contribution is 0.0794. The molecule has 1 N–H and O–H groups in total. The molecular formula is C13H16N4O2. The maximum absolute atomic E-state index is 12.5. The van der Waals surface area contributed by atoms with Crippen LogP contribution in [0.2, 0.25) is 0 Å². The van der Waals surface area contributed by atoms with Crippen molar-refractivity contribution in [1.29, 1.82) is 0 Å². The molecule has 6 heteroatoms. The number of likely N-dealkylation sites (tertiary alicyclic amines) is 1. The van der Waals surface area contributed by atoms with E-state index in [9.17, 15) is 9.59 Å². The van der Waals surface area contributed by atoms with Crippen molar-refractivity contribution in [3.05, 3.63) is 27.7 Å². The van der Waals surface area contributed by atoms with Crippen molar-refractivity contribution in [2.45, 2.75) is 19.8 Å². The summed E-state index contributed by atoms with van der Waals surface area (Å²) in [6.07, 6.45) is 2.06. The molecule has 3 heterocycles. The van der Waals surface area contributed by atoms with Crippen LogP contribution in [0.3, 0.4) is 0 Å². The van der Waals surface area contributed by atoms with E-state index >= 15 is 0 Å². The van der Waals surface area contributed by atoms with Gasteiger partial charge in [0.25, 0.3) is 11.5 Å². The van der Waals surface area contributed by atoms with E-state index in [-0.39, 0.29) is 11.5 Å². The summed E-state index contributed by atoms with van der Waals surface area (Å²) in [7, 11) is 1.72. The van der Waals surface area contributed by atoms with E-state index in [4.69, 9.17) is 0 Å². The summed E-state index contributed by atoms with van der Waals surface area (Å²) < 4.78 is 1.56. The van der Waals surface area contributed by atoms with Gasteiger partial charge < -0.3 is 4.90 Å². The highest BCUT2D eigenvalue weighted by atomic mass is 16.2. The molecule has 1 aliphatic heterocycles. The monoisotopic (exact) mass is 260 g/mol. The topological polar surface area (TPSA) is 71.0 Å². The molecule has 1 amide bonds. The fourth-order valence-electron chi connectivity index (χ4n) is 2.64. The van der Waals surface area contributed by atoms with Gasteiger partial charge in [-0.05, 0) is 25.8 Å². The molecule has 0 atom stereocenters. The highest BCUT2D eigenvalue weighted by Crippen LogP contribution is 2.19. The van der Waals surface area contributed by atoms with Crippen molar-refractivity contribution in [3.63, 3.8) is 0 Å². The SMILES string of the molecule is Cc1cc(C(=O)N2CCCC2)c2c(=O)[nH]n(C)c2n1. The molecule has 2 aromatic rings.